The minimum absolute atomic E-state index is 0.320. The summed E-state index contributed by atoms with van der Waals surface area (Å²) in [6, 6.07) is 11.2. The number of nitrogens with zero attached hydrogens (tertiary/aromatic N) is 2. The maximum Gasteiger partial charge on any atom is 0.222 e. The van der Waals surface area contributed by atoms with Gasteiger partial charge < -0.3 is 15.5 Å². The van der Waals surface area contributed by atoms with Crippen LogP contribution in [0.4, 0.5) is 0 Å². The number of hydrogen-bond acceptors (Lipinski definition) is 2. The molecule has 2 N–H and O–H groups in total. The summed E-state index contributed by atoms with van der Waals surface area (Å²) >= 11 is 0. The van der Waals surface area contributed by atoms with E-state index in [-0.39, 0.29) is 0 Å². The van der Waals surface area contributed by atoms with Gasteiger partial charge in [0, 0.05) is 44.6 Å². The third kappa shape index (κ3) is 5.48. The van der Waals surface area contributed by atoms with Crippen molar-refractivity contribution in [3.8, 4) is 0 Å². The zero-order valence-electron chi connectivity index (χ0n) is 15.9. The number of aliphatic imine (C=N–C) groups is 1. The van der Waals surface area contributed by atoms with Gasteiger partial charge in [0.2, 0.25) is 5.91 Å². The quantitative estimate of drug-likeness (QED) is 0.449. The van der Waals surface area contributed by atoms with Crippen molar-refractivity contribution in [2.24, 2.45) is 4.99 Å². The van der Waals surface area contributed by atoms with Crippen molar-refractivity contribution in [2.75, 3.05) is 26.2 Å². The molecule has 0 aromatic heterocycles. The van der Waals surface area contributed by atoms with Gasteiger partial charge in [0.1, 0.15) is 0 Å². The molecular weight excluding hydrogens is 324 g/mol. The largest absolute Gasteiger partial charge is 0.357 e. The van der Waals surface area contributed by atoms with E-state index in [0.717, 1.165) is 64.2 Å². The number of nitrogens with one attached hydrogen (secondary N) is 2. The zero-order chi connectivity index (χ0) is 18.2. The smallest absolute Gasteiger partial charge is 0.222 e. The molecule has 3 rings (SSSR count). The summed E-state index contributed by atoms with van der Waals surface area (Å²) < 4.78 is 0. The summed E-state index contributed by atoms with van der Waals surface area (Å²) in [5.74, 6) is 1.81. The highest BCUT2D eigenvalue weighted by Gasteiger charge is 2.38. The Balaban J connectivity index is 1.43. The number of benzene rings is 1. The van der Waals surface area contributed by atoms with Gasteiger partial charge in [0.15, 0.2) is 5.96 Å². The highest BCUT2D eigenvalue weighted by atomic mass is 16.2. The first kappa shape index (κ1) is 18.7. The number of carbonyl (C=O) groups is 1. The summed E-state index contributed by atoms with van der Waals surface area (Å²) in [5, 5.41) is 6.90. The van der Waals surface area contributed by atoms with Gasteiger partial charge >= 0.3 is 0 Å². The summed E-state index contributed by atoms with van der Waals surface area (Å²) in [6.45, 7) is 5.45. The molecule has 2 fully saturated rings. The van der Waals surface area contributed by atoms with E-state index >= 15 is 0 Å². The fourth-order valence-electron chi connectivity index (χ4n) is 3.65. The van der Waals surface area contributed by atoms with E-state index in [9.17, 15) is 4.79 Å². The molecule has 1 saturated heterocycles. The fourth-order valence-corrected chi connectivity index (χ4v) is 3.65. The summed E-state index contributed by atoms with van der Waals surface area (Å²) in [4.78, 5) is 18.8. The van der Waals surface area contributed by atoms with Crippen LogP contribution in [0.1, 0.15) is 56.9 Å². The third-order valence-electron chi connectivity index (χ3n) is 5.21. The van der Waals surface area contributed by atoms with E-state index < -0.39 is 0 Å². The van der Waals surface area contributed by atoms with E-state index in [0.29, 0.717) is 17.9 Å². The monoisotopic (exact) mass is 356 g/mol. The average Bonchev–Trinajstić information content (AvgIpc) is 3.45. The molecular formula is C21H32N4O. The molecule has 0 bridgehead atoms. The van der Waals surface area contributed by atoms with Crippen LogP contribution in [0.2, 0.25) is 0 Å². The van der Waals surface area contributed by atoms with Gasteiger partial charge in [-0.25, -0.2) is 0 Å². The van der Waals surface area contributed by atoms with Gasteiger partial charge in [0.05, 0.1) is 0 Å². The van der Waals surface area contributed by atoms with Crippen LogP contribution in [0.15, 0.2) is 35.3 Å². The number of carbonyl (C=O) groups excluding carboxylic acids is 1. The molecule has 5 heteroatoms. The van der Waals surface area contributed by atoms with Gasteiger partial charge in [-0.15, -0.1) is 0 Å². The number of guanidine groups is 1. The Kier molecular flexibility index (Phi) is 6.92. The first-order chi connectivity index (χ1) is 12.8. The predicted octanol–water partition coefficient (Wildman–Crippen LogP) is 2.89. The van der Waals surface area contributed by atoms with Crippen LogP contribution in [0, 0.1) is 0 Å². The van der Waals surface area contributed by atoms with Crippen LogP contribution >= 0.6 is 0 Å². The Morgan fingerprint density at radius 2 is 2.08 bits per heavy atom. The van der Waals surface area contributed by atoms with Crippen LogP contribution in [0.25, 0.3) is 0 Å². The summed E-state index contributed by atoms with van der Waals surface area (Å²) in [6.07, 6.45) is 6.17. The number of hydrogen-bond donors (Lipinski definition) is 2. The third-order valence-corrected chi connectivity index (χ3v) is 5.21. The van der Waals surface area contributed by atoms with Crippen LogP contribution in [-0.2, 0) is 4.79 Å². The molecule has 1 aliphatic heterocycles. The molecule has 26 heavy (non-hydrogen) atoms. The Morgan fingerprint density at radius 3 is 2.88 bits per heavy atom. The standard InChI is InChI=1S/C21H32N4O/c1-2-22-21(24-19-16-18(19)17-10-5-3-6-11-17)23-13-9-15-25-14-8-4-7-12-20(25)26/h3,5-6,10-11,18-19H,2,4,7-9,12-16H2,1H3,(H2,22,23,24). The molecule has 0 radical (unpaired) electrons. The van der Waals surface area contributed by atoms with E-state index in [1.165, 1.54) is 12.0 Å². The zero-order valence-corrected chi connectivity index (χ0v) is 15.9. The van der Waals surface area contributed by atoms with Crippen molar-refractivity contribution in [1.82, 2.24) is 15.5 Å². The second-order valence-corrected chi connectivity index (χ2v) is 7.31. The van der Waals surface area contributed by atoms with E-state index in [1.807, 2.05) is 4.90 Å². The highest BCUT2D eigenvalue weighted by Crippen LogP contribution is 2.40. The minimum atomic E-state index is 0.320. The van der Waals surface area contributed by atoms with Crippen LogP contribution in [0.3, 0.4) is 0 Å². The van der Waals surface area contributed by atoms with Crippen molar-refractivity contribution in [3.63, 3.8) is 0 Å². The topological polar surface area (TPSA) is 56.7 Å². The molecule has 1 aromatic carbocycles. The lowest BCUT2D eigenvalue weighted by Gasteiger charge is -2.20. The van der Waals surface area contributed by atoms with Crippen LogP contribution in [0.5, 0.6) is 0 Å². The lowest BCUT2D eigenvalue weighted by molar-refractivity contribution is -0.130. The highest BCUT2D eigenvalue weighted by molar-refractivity contribution is 5.80. The number of likely N-dealkylation sites (tertiary alicyclic amines) is 1. The van der Waals surface area contributed by atoms with Gasteiger partial charge in [-0.3, -0.25) is 9.79 Å². The maximum absolute atomic E-state index is 12.0. The molecule has 142 valence electrons. The van der Waals surface area contributed by atoms with Crippen LogP contribution < -0.4 is 10.6 Å². The maximum atomic E-state index is 12.0. The van der Waals surface area contributed by atoms with Gasteiger partial charge in [0.25, 0.3) is 0 Å². The van der Waals surface area contributed by atoms with E-state index in [4.69, 9.17) is 4.99 Å². The Morgan fingerprint density at radius 1 is 1.23 bits per heavy atom. The van der Waals surface area contributed by atoms with E-state index in [2.05, 4.69) is 47.9 Å². The molecule has 0 spiro atoms. The first-order valence-corrected chi connectivity index (χ1v) is 10.2. The van der Waals surface area contributed by atoms with Crippen LogP contribution in [-0.4, -0.2) is 49.0 Å². The number of amides is 1. The second kappa shape index (κ2) is 9.60. The van der Waals surface area contributed by atoms with Crippen molar-refractivity contribution < 1.29 is 4.79 Å². The summed E-state index contributed by atoms with van der Waals surface area (Å²) in [5.41, 5.74) is 1.40. The predicted molar refractivity (Wildman–Crippen MR) is 106 cm³/mol. The molecule has 1 saturated carbocycles. The Labute approximate surface area is 157 Å². The van der Waals surface area contributed by atoms with Gasteiger partial charge in [-0.1, -0.05) is 36.8 Å². The molecule has 2 aliphatic rings. The number of rotatable bonds is 7. The lowest BCUT2D eigenvalue weighted by atomic mass is 10.1. The van der Waals surface area contributed by atoms with Gasteiger partial charge in [-0.05, 0) is 38.2 Å². The van der Waals surface area contributed by atoms with Crippen molar-refractivity contribution >= 4 is 11.9 Å². The molecule has 2 atom stereocenters. The SMILES string of the molecule is CCNC(=NCCCN1CCCCCC1=O)NC1CC1c1ccccc1. The first-order valence-electron chi connectivity index (χ1n) is 10.2. The van der Waals surface area contributed by atoms with Crippen molar-refractivity contribution in [2.45, 2.75) is 57.4 Å². The van der Waals surface area contributed by atoms with Gasteiger partial charge in [-0.2, -0.15) is 0 Å². The lowest BCUT2D eigenvalue weighted by Crippen LogP contribution is -2.39. The molecule has 2 unspecified atom stereocenters. The molecule has 1 heterocycles. The normalized spacial score (nSPS) is 23.5. The molecule has 1 aliphatic carbocycles. The Bertz CT molecular complexity index is 601. The van der Waals surface area contributed by atoms with Crippen molar-refractivity contribution in [3.05, 3.63) is 35.9 Å². The molecule has 5 nitrogen and oxygen atoms in total. The fraction of sp³-hybridized carbons (Fsp3) is 0.619. The minimum Gasteiger partial charge on any atom is -0.357 e. The second-order valence-electron chi connectivity index (χ2n) is 7.31. The summed E-state index contributed by atoms with van der Waals surface area (Å²) in [7, 11) is 0. The Hall–Kier alpha value is -2.04. The molecule has 1 amide bonds. The van der Waals surface area contributed by atoms with E-state index in [1.54, 1.807) is 0 Å². The average molecular weight is 357 g/mol. The van der Waals surface area contributed by atoms with Crippen molar-refractivity contribution in [1.29, 1.82) is 0 Å². The molecule has 1 aromatic rings.